The summed E-state index contributed by atoms with van der Waals surface area (Å²) in [6, 6.07) is 9.57. The van der Waals surface area contributed by atoms with Gasteiger partial charge >= 0.3 is 0 Å². The third-order valence-electron chi connectivity index (χ3n) is 4.79. The second-order valence-electron chi connectivity index (χ2n) is 6.87. The highest BCUT2D eigenvalue weighted by molar-refractivity contribution is 7.80. The van der Waals surface area contributed by atoms with E-state index in [1.54, 1.807) is 13.3 Å². The first-order valence-corrected chi connectivity index (χ1v) is 10.5. The molecule has 2 aromatic rings. The van der Waals surface area contributed by atoms with Crippen molar-refractivity contribution in [1.29, 1.82) is 0 Å². The lowest BCUT2D eigenvalue weighted by atomic mass is 10.2. The molecule has 1 aliphatic heterocycles. The maximum atomic E-state index is 6.25. The van der Waals surface area contributed by atoms with Crippen molar-refractivity contribution in [2.24, 2.45) is 0 Å². The number of ether oxygens (including phenoxy) is 2. The van der Waals surface area contributed by atoms with Crippen molar-refractivity contribution in [3.8, 4) is 5.75 Å². The molecule has 1 saturated heterocycles. The molecule has 1 aromatic heterocycles. The summed E-state index contributed by atoms with van der Waals surface area (Å²) in [5, 5.41) is 4.52. The molecule has 0 atom stereocenters. The molecule has 1 aromatic carbocycles. The molecule has 0 aliphatic carbocycles. The van der Waals surface area contributed by atoms with Gasteiger partial charge in [0, 0.05) is 50.8 Å². The Labute approximate surface area is 182 Å². The fourth-order valence-corrected chi connectivity index (χ4v) is 3.75. The number of methoxy groups -OCH3 is 1. The van der Waals surface area contributed by atoms with Crippen LogP contribution in [0.4, 0.5) is 5.69 Å². The standard InChI is InChI=1S/C21H27ClN4O2S/c1-27-20-6-5-18(14-19(20)22)24-21(29)26(16-17-4-2-7-23-15-17)9-3-8-25-10-12-28-13-11-25/h2,4-7,14-15H,3,8-13,16H2,1H3,(H,24,29). The number of benzene rings is 1. The van der Waals surface area contributed by atoms with E-state index >= 15 is 0 Å². The fourth-order valence-electron chi connectivity index (χ4n) is 3.22. The molecule has 3 rings (SSSR count). The van der Waals surface area contributed by atoms with Crippen LogP contribution in [0.15, 0.2) is 42.7 Å². The lowest BCUT2D eigenvalue weighted by molar-refractivity contribution is 0.0368. The molecule has 1 N–H and O–H groups in total. The molecule has 1 fully saturated rings. The molecule has 0 radical (unpaired) electrons. The summed E-state index contributed by atoms with van der Waals surface area (Å²) in [5.41, 5.74) is 1.96. The molecule has 156 valence electrons. The Hall–Kier alpha value is -1.93. The zero-order valence-electron chi connectivity index (χ0n) is 16.6. The predicted molar refractivity (Wildman–Crippen MR) is 121 cm³/mol. The van der Waals surface area contributed by atoms with Gasteiger partial charge in [0.15, 0.2) is 5.11 Å². The number of anilines is 1. The minimum atomic E-state index is 0.548. The predicted octanol–water partition coefficient (Wildman–Crippen LogP) is 3.66. The van der Waals surface area contributed by atoms with E-state index in [2.05, 4.69) is 26.2 Å². The largest absolute Gasteiger partial charge is 0.495 e. The Bertz CT molecular complexity index is 788. The average molecular weight is 435 g/mol. The SMILES string of the molecule is COc1ccc(NC(=S)N(CCCN2CCOCC2)Cc2cccnc2)cc1Cl. The zero-order valence-corrected chi connectivity index (χ0v) is 18.2. The summed E-state index contributed by atoms with van der Waals surface area (Å²) >= 11 is 12.0. The van der Waals surface area contributed by atoms with Gasteiger partial charge in [0.1, 0.15) is 5.75 Å². The van der Waals surface area contributed by atoms with Gasteiger partial charge in [0.25, 0.3) is 0 Å². The normalized spacial score (nSPS) is 14.4. The van der Waals surface area contributed by atoms with Gasteiger partial charge in [0.05, 0.1) is 25.3 Å². The monoisotopic (exact) mass is 434 g/mol. The van der Waals surface area contributed by atoms with Gasteiger partial charge in [0.2, 0.25) is 0 Å². The van der Waals surface area contributed by atoms with Crippen LogP contribution in [0.25, 0.3) is 0 Å². The van der Waals surface area contributed by atoms with Crippen LogP contribution in [0.1, 0.15) is 12.0 Å². The van der Waals surface area contributed by atoms with E-state index in [1.165, 1.54) is 0 Å². The molecule has 0 unspecified atom stereocenters. The third kappa shape index (κ3) is 6.82. The average Bonchev–Trinajstić information content (AvgIpc) is 2.74. The van der Waals surface area contributed by atoms with Crippen molar-refractivity contribution in [3.05, 3.63) is 53.3 Å². The first kappa shape index (κ1) is 21.8. The van der Waals surface area contributed by atoms with Crippen LogP contribution in [0.5, 0.6) is 5.75 Å². The number of hydrogen-bond donors (Lipinski definition) is 1. The Kier molecular flexibility index (Phi) is 8.49. The Morgan fingerprint density at radius 3 is 2.86 bits per heavy atom. The van der Waals surface area contributed by atoms with Crippen molar-refractivity contribution in [2.45, 2.75) is 13.0 Å². The highest BCUT2D eigenvalue weighted by atomic mass is 35.5. The first-order valence-electron chi connectivity index (χ1n) is 9.74. The van der Waals surface area contributed by atoms with E-state index < -0.39 is 0 Å². The van der Waals surface area contributed by atoms with Gasteiger partial charge in [-0.2, -0.15) is 0 Å². The molecular formula is C21H27ClN4O2S. The third-order valence-corrected chi connectivity index (χ3v) is 5.45. The minimum Gasteiger partial charge on any atom is -0.495 e. The summed E-state index contributed by atoms with van der Waals surface area (Å²) in [6.07, 6.45) is 4.68. The van der Waals surface area contributed by atoms with Gasteiger partial charge in [-0.1, -0.05) is 17.7 Å². The summed E-state index contributed by atoms with van der Waals surface area (Å²) in [4.78, 5) is 8.83. The lowest BCUT2D eigenvalue weighted by Crippen LogP contribution is -2.40. The Morgan fingerprint density at radius 1 is 1.34 bits per heavy atom. The van der Waals surface area contributed by atoms with Crippen molar-refractivity contribution in [2.75, 3.05) is 51.8 Å². The van der Waals surface area contributed by atoms with Gasteiger partial charge in [-0.05, 0) is 48.5 Å². The van der Waals surface area contributed by atoms with E-state index in [0.29, 0.717) is 22.4 Å². The number of halogens is 1. The fraction of sp³-hybridized carbons (Fsp3) is 0.429. The maximum absolute atomic E-state index is 6.25. The molecule has 29 heavy (non-hydrogen) atoms. The minimum absolute atomic E-state index is 0.548. The van der Waals surface area contributed by atoms with Crippen LogP contribution in [0, 0.1) is 0 Å². The Balaban J connectivity index is 1.62. The summed E-state index contributed by atoms with van der Waals surface area (Å²) in [7, 11) is 1.60. The van der Waals surface area contributed by atoms with E-state index in [0.717, 1.165) is 57.1 Å². The van der Waals surface area contributed by atoms with E-state index in [9.17, 15) is 0 Å². The second kappa shape index (κ2) is 11.3. The Morgan fingerprint density at radius 2 is 2.17 bits per heavy atom. The molecule has 6 nitrogen and oxygen atoms in total. The molecule has 2 heterocycles. The van der Waals surface area contributed by atoms with Crippen LogP contribution >= 0.6 is 23.8 Å². The van der Waals surface area contributed by atoms with Gasteiger partial charge < -0.3 is 19.7 Å². The highest BCUT2D eigenvalue weighted by Gasteiger charge is 2.14. The van der Waals surface area contributed by atoms with Crippen molar-refractivity contribution in [1.82, 2.24) is 14.8 Å². The van der Waals surface area contributed by atoms with Gasteiger partial charge in [-0.3, -0.25) is 9.88 Å². The van der Waals surface area contributed by atoms with Gasteiger partial charge in [-0.15, -0.1) is 0 Å². The number of morpholine rings is 1. The molecule has 0 saturated carbocycles. The van der Waals surface area contributed by atoms with E-state index in [-0.39, 0.29) is 0 Å². The summed E-state index contributed by atoms with van der Waals surface area (Å²) in [6.45, 7) is 6.21. The molecule has 0 amide bonds. The number of pyridine rings is 1. The quantitative estimate of drug-likeness (QED) is 0.636. The number of nitrogens with zero attached hydrogens (tertiary/aromatic N) is 3. The number of aromatic nitrogens is 1. The highest BCUT2D eigenvalue weighted by Crippen LogP contribution is 2.27. The number of rotatable bonds is 8. The van der Waals surface area contributed by atoms with Crippen LogP contribution in [0.2, 0.25) is 5.02 Å². The molecule has 0 spiro atoms. The van der Waals surface area contributed by atoms with Crippen molar-refractivity contribution in [3.63, 3.8) is 0 Å². The van der Waals surface area contributed by atoms with E-state index in [1.807, 2.05) is 30.5 Å². The number of thiocarbonyl (C=S) groups is 1. The van der Waals surface area contributed by atoms with E-state index in [4.69, 9.17) is 33.3 Å². The summed E-state index contributed by atoms with van der Waals surface area (Å²) in [5.74, 6) is 0.640. The lowest BCUT2D eigenvalue weighted by Gasteiger charge is -2.29. The molecule has 0 bridgehead atoms. The first-order chi connectivity index (χ1) is 14.2. The smallest absolute Gasteiger partial charge is 0.173 e. The number of hydrogen-bond acceptors (Lipinski definition) is 5. The molecule has 8 heteroatoms. The number of nitrogens with one attached hydrogen (secondary N) is 1. The molecular weight excluding hydrogens is 408 g/mol. The zero-order chi connectivity index (χ0) is 20.5. The van der Waals surface area contributed by atoms with Crippen LogP contribution in [-0.2, 0) is 11.3 Å². The second-order valence-corrected chi connectivity index (χ2v) is 7.66. The van der Waals surface area contributed by atoms with Crippen LogP contribution in [0.3, 0.4) is 0 Å². The topological polar surface area (TPSA) is 49.9 Å². The van der Waals surface area contributed by atoms with Gasteiger partial charge in [-0.25, -0.2) is 0 Å². The maximum Gasteiger partial charge on any atom is 0.173 e. The summed E-state index contributed by atoms with van der Waals surface area (Å²) < 4.78 is 10.6. The molecule has 1 aliphatic rings. The van der Waals surface area contributed by atoms with Crippen molar-refractivity contribution < 1.29 is 9.47 Å². The van der Waals surface area contributed by atoms with Crippen LogP contribution in [-0.4, -0.2) is 66.4 Å². The van der Waals surface area contributed by atoms with Crippen LogP contribution < -0.4 is 10.1 Å². The van der Waals surface area contributed by atoms with Crippen molar-refractivity contribution >= 4 is 34.6 Å².